The van der Waals surface area contributed by atoms with Crippen molar-refractivity contribution in [2.24, 2.45) is 0 Å². The van der Waals surface area contributed by atoms with Crippen molar-refractivity contribution in [1.29, 1.82) is 0 Å². The number of nitrogens with one attached hydrogen (secondary N) is 1. The number of likely N-dealkylation sites (N-methyl/N-ethyl adjacent to an activating group) is 1. The van der Waals surface area contributed by atoms with Crippen molar-refractivity contribution in [3.05, 3.63) is 95.6 Å². The molecule has 1 amide bonds. The lowest BCUT2D eigenvalue weighted by Gasteiger charge is -2.31. The SMILES string of the molecule is Cc1ccc2c(c1)N(C)C(=O)[C@]2(Nc1ccccc1)c1ccccc1. The third kappa shape index (κ3) is 2.31. The molecule has 124 valence electrons. The van der Waals surface area contributed by atoms with E-state index in [-0.39, 0.29) is 5.91 Å². The molecule has 1 aliphatic heterocycles. The Hall–Kier alpha value is -3.07. The molecule has 0 radical (unpaired) electrons. The number of para-hydroxylation sites is 1. The number of fused-ring (bicyclic) bond motifs is 1. The average molecular weight is 328 g/mol. The highest BCUT2D eigenvalue weighted by molar-refractivity contribution is 6.11. The number of nitrogens with zero attached hydrogens (tertiary/aromatic N) is 1. The molecule has 0 saturated carbocycles. The first-order chi connectivity index (χ1) is 12.1. The maximum atomic E-state index is 13.5. The number of carbonyl (C=O) groups excluding carboxylic acids is 1. The van der Waals surface area contributed by atoms with Gasteiger partial charge in [-0.05, 0) is 36.2 Å². The van der Waals surface area contributed by atoms with Crippen LogP contribution in [0, 0.1) is 6.92 Å². The van der Waals surface area contributed by atoms with Gasteiger partial charge in [0, 0.05) is 18.3 Å². The highest BCUT2D eigenvalue weighted by atomic mass is 16.2. The summed E-state index contributed by atoms with van der Waals surface area (Å²) in [6, 6.07) is 26.0. The second kappa shape index (κ2) is 5.78. The quantitative estimate of drug-likeness (QED) is 0.776. The normalized spacial score (nSPS) is 19.0. The van der Waals surface area contributed by atoms with Crippen LogP contribution in [0.2, 0.25) is 0 Å². The van der Waals surface area contributed by atoms with Gasteiger partial charge in [0.2, 0.25) is 0 Å². The summed E-state index contributed by atoms with van der Waals surface area (Å²) < 4.78 is 0. The third-order valence-electron chi connectivity index (χ3n) is 4.86. The van der Waals surface area contributed by atoms with E-state index in [1.54, 1.807) is 4.90 Å². The molecule has 0 bridgehead atoms. The first kappa shape index (κ1) is 15.5. The first-order valence-electron chi connectivity index (χ1n) is 8.41. The van der Waals surface area contributed by atoms with E-state index < -0.39 is 5.54 Å². The third-order valence-corrected chi connectivity index (χ3v) is 4.86. The number of hydrogen-bond donors (Lipinski definition) is 1. The van der Waals surface area contributed by atoms with Crippen LogP contribution in [-0.4, -0.2) is 13.0 Å². The van der Waals surface area contributed by atoms with Gasteiger partial charge in [0.1, 0.15) is 0 Å². The Labute approximate surface area is 147 Å². The smallest absolute Gasteiger partial charge is 0.261 e. The van der Waals surface area contributed by atoms with Gasteiger partial charge in [-0.25, -0.2) is 0 Å². The van der Waals surface area contributed by atoms with Gasteiger partial charge in [0.25, 0.3) is 5.91 Å². The molecule has 0 spiro atoms. The molecule has 0 unspecified atom stereocenters. The van der Waals surface area contributed by atoms with Crippen molar-refractivity contribution in [2.75, 3.05) is 17.3 Å². The number of amides is 1. The van der Waals surface area contributed by atoms with Gasteiger partial charge in [-0.3, -0.25) is 4.79 Å². The van der Waals surface area contributed by atoms with E-state index in [0.717, 1.165) is 28.1 Å². The fourth-order valence-electron chi connectivity index (χ4n) is 3.61. The van der Waals surface area contributed by atoms with E-state index in [1.807, 2.05) is 74.6 Å². The number of carbonyl (C=O) groups is 1. The van der Waals surface area contributed by atoms with Crippen molar-refractivity contribution in [3.8, 4) is 0 Å². The fraction of sp³-hybridized carbons (Fsp3) is 0.136. The first-order valence-corrected chi connectivity index (χ1v) is 8.41. The minimum atomic E-state index is -0.916. The van der Waals surface area contributed by atoms with Crippen LogP contribution in [0.1, 0.15) is 16.7 Å². The molecule has 1 N–H and O–H groups in total. The molecule has 0 fully saturated rings. The van der Waals surface area contributed by atoms with Crippen LogP contribution in [0.4, 0.5) is 11.4 Å². The molecular formula is C22H20N2O. The molecule has 3 aromatic rings. The highest BCUT2D eigenvalue weighted by Crippen LogP contribution is 2.46. The Balaban J connectivity index is 1.98. The van der Waals surface area contributed by atoms with Crippen molar-refractivity contribution in [1.82, 2.24) is 0 Å². The predicted molar refractivity (Wildman–Crippen MR) is 102 cm³/mol. The van der Waals surface area contributed by atoms with E-state index in [4.69, 9.17) is 0 Å². The maximum Gasteiger partial charge on any atom is 0.261 e. The summed E-state index contributed by atoms with van der Waals surface area (Å²) in [5.41, 5.74) is 4.03. The number of aryl methyl sites for hydroxylation is 1. The van der Waals surface area contributed by atoms with Gasteiger partial charge in [-0.15, -0.1) is 0 Å². The Morgan fingerprint density at radius 2 is 1.52 bits per heavy atom. The summed E-state index contributed by atoms with van der Waals surface area (Å²) in [5, 5.41) is 3.54. The summed E-state index contributed by atoms with van der Waals surface area (Å²) >= 11 is 0. The van der Waals surface area contributed by atoms with Gasteiger partial charge in [-0.1, -0.05) is 60.7 Å². The Morgan fingerprint density at radius 3 is 2.20 bits per heavy atom. The second-order valence-corrected chi connectivity index (χ2v) is 6.49. The average Bonchev–Trinajstić information content (AvgIpc) is 2.86. The van der Waals surface area contributed by atoms with E-state index in [1.165, 1.54) is 0 Å². The zero-order chi connectivity index (χ0) is 17.4. The lowest BCUT2D eigenvalue weighted by molar-refractivity contribution is -0.120. The molecule has 1 aliphatic rings. The molecule has 0 aliphatic carbocycles. The molecule has 25 heavy (non-hydrogen) atoms. The molecular weight excluding hydrogens is 308 g/mol. The van der Waals surface area contributed by atoms with Crippen molar-refractivity contribution in [2.45, 2.75) is 12.5 Å². The van der Waals surface area contributed by atoms with Crippen LogP contribution < -0.4 is 10.2 Å². The van der Waals surface area contributed by atoms with Gasteiger partial charge in [0.15, 0.2) is 5.54 Å². The molecule has 0 aromatic heterocycles. The maximum absolute atomic E-state index is 13.5. The number of rotatable bonds is 3. The van der Waals surface area contributed by atoms with Gasteiger partial charge < -0.3 is 10.2 Å². The fourth-order valence-corrected chi connectivity index (χ4v) is 3.61. The molecule has 0 saturated heterocycles. The second-order valence-electron chi connectivity index (χ2n) is 6.49. The summed E-state index contributed by atoms with van der Waals surface area (Å²) in [4.78, 5) is 15.2. The van der Waals surface area contributed by atoms with E-state index in [2.05, 4.69) is 23.5 Å². The lowest BCUT2D eigenvalue weighted by Crippen LogP contribution is -2.46. The zero-order valence-corrected chi connectivity index (χ0v) is 14.4. The topological polar surface area (TPSA) is 32.3 Å². The largest absolute Gasteiger partial charge is 0.364 e. The lowest BCUT2D eigenvalue weighted by atomic mass is 9.83. The van der Waals surface area contributed by atoms with E-state index in [0.29, 0.717) is 0 Å². The molecule has 3 aromatic carbocycles. The molecule has 1 heterocycles. The van der Waals surface area contributed by atoms with Crippen molar-refractivity contribution < 1.29 is 4.79 Å². The number of anilines is 2. The standard InChI is InChI=1S/C22H20N2O/c1-16-13-14-19-20(15-16)24(2)21(25)22(19,17-9-5-3-6-10-17)23-18-11-7-4-8-12-18/h3-15,23H,1-2H3/t22-/m0/s1. The number of benzene rings is 3. The Bertz CT molecular complexity index is 921. The van der Waals surface area contributed by atoms with Crippen LogP contribution in [0.15, 0.2) is 78.9 Å². The summed E-state index contributed by atoms with van der Waals surface area (Å²) in [6.45, 7) is 2.05. The summed E-state index contributed by atoms with van der Waals surface area (Å²) in [5.74, 6) is 0.0307. The van der Waals surface area contributed by atoms with Crippen molar-refractivity contribution in [3.63, 3.8) is 0 Å². The van der Waals surface area contributed by atoms with Gasteiger partial charge in [-0.2, -0.15) is 0 Å². The Kier molecular flexibility index (Phi) is 3.57. The Morgan fingerprint density at radius 1 is 0.880 bits per heavy atom. The minimum Gasteiger partial charge on any atom is -0.364 e. The van der Waals surface area contributed by atoms with Crippen molar-refractivity contribution >= 4 is 17.3 Å². The monoisotopic (exact) mass is 328 g/mol. The van der Waals surface area contributed by atoms with E-state index >= 15 is 0 Å². The van der Waals surface area contributed by atoms with Crippen LogP contribution in [0.25, 0.3) is 0 Å². The summed E-state index contributed by atoms with van der Waals surface area (Å²) in [7, 11) is 1.85. The molecule has 3 heteroatoms. The summed E-state index contributed by atoms with van der Waals surface area (Å²) in [6.07, 6.45) is 0. The van der Waals surface area contributed by atoms with Crippen LogP contribution in [-0.2, 0) is 10.3 Å². The zero-order valence-electron chi connectivity index (χ0n) is 14.4. The van der Waals surface area contributed by atoms with Crippen LogP contribution in [0.3, 0.4) is 0 Å². The van der Waals surface area contributed by atoms with Gasteiger partial charge in [0.05, 0.1) is 5.69 Å². The minimum absolute atomic E-state index is 0.0307. The number of hydrogen-bond acceptors (Lipinski definition) is 2. The molecule has 4 rings (SSSR count). The van der Waals surface area contributed by atoms with Crippen LogP contribution >= 0.6 is 0 Å². The molecule has 3 nitrogen and oxygen atoms in total. The molecule has 1 atom stereocenters. The van der Waals surface area contributed by atoms with Gasteiger partial charge >= 0.3 is 0 Å². The predicted octanol–water partition coefficient (Wildman–Crippen LogP) is 4.33. The highest BCUT2D eigenvalue weighted by Gasteiger charge is 2.51. The van der Waals surface area contributed by atoms with E-state index in [9.17, 15) is 4.79 Å². The van der Waals surface area contributed by atoms with Crippen LogP contribution in [0.5, 0.6) is 0 Å².